The van der Waals surface area contributed by atoms with Gasteiger partial charge in [0.2, 0.25) is 11.7 Å². The van der Waals surface area contributed by atoms with Gasteiger partial charge in [-0.1, -0.05) is 41.6 Å². The summed E-state index contributed by atoms with van der Waals surface area (Å²) >= 11 is 0. The van der Waals surface area contributed by atoms with Gasteiger partial charge in [0.05, 0.1) is 12.3 Å². The van der Waals surface area contributed by atoms with E-state index in [2.05, 4.69) is 37.4 Å². The van der Waals surface area contributed by atoms with Crippen molar-refractivity contribution in [1.29, 1.82) is 0 Å². The van der Waals surface area contributed by atoms with Gasteiger partial charge in [-0.05, 0) is 51.1 Å². The van der Waals surface area contributed by atoms with Gasteiger partial charge in [0.25, 0.3) is 5.56 Å². The quantitative estimate of drug-likeness (QED) is 0.305. The molecule has 0 radical (unpaired) electrons. The molecule has 3 heterocycles. The van der Waals surface area contributed by atoms with Gasteiger partial charge < -0.3 is 19.1 Å². The number of carbonyl (C=O) groups is 1. The minimum atomic E-state index is -0.376. The predicted molar refractivity (Wildman–Crippen MR) is 162 cm³/mol. The van der Waals surface area contributed by atoms with Gasteiger partial charge in [-0.25, -0.2) is 9.48 Å². The van der Waals surface area contributed by atoms with Gasteiger partial charge in [0.15, 0.2) is 0 Å². The number of anilines is 1. The summed E-state index contributed by atoms with van der Waals surface area (Å²) in [5, 5.41) is 10.9. The van der Waals surface area contributed by atoms with Gasteiger partial charge in [0, 0.05) is 69.1 Å². The van der Waals surface area contributed by atoms with E-state index in [1.54, 1.807) is 13.0 Å². The number of piperazine rings is 1. The molecule has 1 aliphatic heterocycles. The van der Waals surface area contributed by atoms with Crippen molar-refractivity contribution in [2.45, 2.75) is 33.7 Å². The average Bonchev–Trinajstić information content (AvgIpc) is 3.43. The smallest absolute Gasteiger partial charge is 0.411 e. The number of hydrogen-bond donors (Lipinski definition) is 1. The second-order valence-electron chi connectivity index (χ2n) is 10.2. The van der Waals surface area contributed by atoms with Crippen molar-refractivity contribution in [3.63, 3.8) is 0 Å². The van der Waals surface area contributed by atoms with Crippen LogP contribution in [0.3, 0.4) is 0 Å². The van der Waals surface area contributed by atoms with Crippen molar-refractivity contribution in [1.82, 2.24) is 29.7 Å². The summed E-state index contributed by atoms with van der Waals surface area (Å²) in [5.74, 6) is 1.09. The molecule has 11 nitrogen and oxygen atoms in total. The molecule has 1 aliphatic rings. The third kappa shape index (κ3) is 9.08. The summed E-state index contributed by atoms with van der Waals surface area (Å²) in [5.41, 5.74) is 4.36. The highest BCUT2D eigenvalue weighted by molar-refractivity contribution is 5.84. The number of likely N-dealkylation sites (N-methyl/N-ethyl adjacent to an activating group) is 1. The molecule has 2 aromatic carbocycles. The van der Waals surface area contributed by atoms with Crippen LogP contribution in [0.1, 0.15) is 24.8 Å². The molecule has 0 spiro atoms. The average molecular weight is 574 g/mol. The molecule has 42 heavy (non-hydrogen) atoms. The maximum Gasteiger partial charge on any atom is 0.411 e. The van der Waals surface area contributed by atoms with Gasteiger partial charge in [-0.2, -0.15) is 10.1 Å². The van der Waals surface area contributed by atoms with E-state index in [1.165, 1.54) is 10.7 Å². The largest absolute Gasteiger partial charge is 0.449 e. The van der Waals surface area contributed by atoms with E-state index in [4.69, 9.17) is 9.26 Å². The summed E-state index contributed by atoms with van der Waals surface area (Å²) in [6.45, 7) is 12.1. The SMILES string of the molecule is CCn1nc(-c2ccc(-c3noc(C)n3)cc2)ccc1=O.Cc1cccc(NC(=O)OCCCN2CCN(C)CC2)c1. The Morgan fingerprint density at radius 2 is 1.74 bits per heavy atom. The van der Waals surface area contributed by atoms with E-state index in [1.807, 2.05) is 62.4 Å². The minimum Gasteiger partial charge on any atom is -0.449 e. The van der Waals surface area contributed by atoms with Gasteiger partial charge in [-0.15, -0.1) is 0 Å². The van der Waals surface area contributed by atoms with Crippen LogP contribution in [0.15, 0.2) is 70.0 Å². The van der Waals surface area contributed by atoms with Crippen molar-refractivity contribution >= 4 is 11.8 Å². The zero-order chi connectivity index (χ0) is 29.9. The number of rotatable bonds is 8. The Morgan fingerprint density at radius 3 is 2.40 bits per heavy atom. The number of benzene rings is 2. The molecule has 2 aromatic heterocycles. The molecule has 0 bridgehead atoms. The van der Waals surface area contributed by atoms with Crippen molar-refractivity contribution in [3.05, 3.63) is 82.5 Å². The van der Waals surface area contributed by atoms with Gasteiger partial charge >= 0.3 is 6.09 Å². The molecule has 0 aliphatic carbocycles. The summed E-state index contributed by atoms with van der Waals surface area (Å²) in [7, 11) is 2.15. The van der Waals surface area contributed by atoms with Crippen molar-refractivity contribution in [3.8, 4) is 22.6 Å². The predicted octanol–water partition coefficient (Wildman–Crippen LogP) is 4.47. The molecule has 1 amide bonds. The molecule has 1 N–H and O–H groups in total. The lowest BCUT2D eigenvalue weighted by molar-refractivity contribution is 0.130. The minimum absolute atomic E-state index is 0.0971. The van der Waals surface area contributed by atoms with Crippen molar-refractivity contribution in [2.75, 3.05) is 51.7 Å². The van der Waals surface area contributed by atoms with Crippen LogP contribution in [0.2, 0.25) is 0 Å². The van der Waals surface area contributed by atoms with Crippen molar-refractivity contribution in [2.24, 2.45) is 0 Å². The molecular formula is C31H39N7O4. The van der Waals surface area contributed by atoms with E-state index in [0.717, 1.165) is 67.2 Å². The first-order valence-corrected chi connectivity index (χ1v) is 14.2. The number of aromatic nitrogens is 4. The Morgan fingerprint density at radius 1 is 1.00 bits per heavy atom. The first-order valence-electron chi connectivity index (χ1n) is 14.2. The normalized spacial score (nSPS) is 13.7. The lowest BCUT2D eigenvalue weighted by atomic mass is 10.1. The molecule has 5 rings (SSSR count). The highest BCUT2D eigenvalue weighted by Gasteiger charge is 2.13. The number of nitrogens with one attached hydrogen (secondary N) is 1. The van der Waals surface area contributed by atoms with Crippen LogP contribution >= 0.6 is 0 Å². The molecule has 0 saturated carbocycles. The topological polar surface area (TPSA) is 119 Å². The highest BCUT2D eigenvalue weighted by atomic mass is 16.5. The van der Waals surface area contributed by atoms with Crippen LogP contribution in [0.25, 0.3) is 22.6 Å². The Hall–Kier alpha value is -4.35. The number of nitrogens with zero attached hydrogens (tertiary/aromatic N) is 6. The molecule has 0 atom stereocenters. The van der Waals surface area contributed by atoms with E-state index in [-0.39, 0.29) is 11.7 Å². The third-order valence-corrected chi connectivity index (χ3v) is 6.84. The lowest BCUT2D eigenvalue weighted by Crippen LogP contribution is -2.44. The standard InChI is InChI=1S/C16H25N3O2.C15H14N4O2/c1-14-5-3-6-15(13-14)17-16(20)21-12-4-7-19-10-8-18(2)9-11-19;1-3-19-14(20)9-8-13(17-19)11-4-6-12(7-5-11)15-16-10(2)21-18-15/h3,5-6,13H,4,7-12H2,1-2H3,(H,17,20);4-9H,3H2,1-2H3. The Labute approximate surface area is 246 Å². The van der Waals surface area contributed by atoms with E-state index >= 15 is 0 Å². The van der Waals surface area contributed by atoms with E-state index in [0.29, 0.717) is 24.9 Å². The van der Waals surface area contributed by atoms with Crippen LogP contribution in [0, 0.1) is 13.8 Å². The fraction of sp³-hybridized carbons (Fsp3) is 0.387. The van der Waals surface area contributed by atoms with Crippen LogP contribution < -0.4 is 10.9 Å². The maximum absolute atomic E-state index is 11.7. The van der Waals surface area contributed by atoms with E-state index < -0.39 is 0 Å². The molecule has 0 unspecified atom stereocenters. The molecule has 4 aromatic rings. The summed E-state index contributed by atoms with van der Waals surface area (Å²) < 4.78 is 11.6. The number of amides is 1. The monoisotopic (exact) mass is 573 g/mol. The fourth-order valence-electron chi connectivity index (χ4n) is 4.44. The number of aryl methyl sites for hydroxylation is 3. The summed E-state index contributed by atoms with van der Waals surface area (Å²) in [4.78, 5) is 32.2. The molecular weight excluding hydrogens is 534 g/mol. The first-order chi connectivity index (χ1) is 20.3. The second-order valence-corrected chi connectivity index (χ2v) is 10.2. The number of ether oxygens (including phenoxy) is 1. The highest BCUT2D eigenvalue weighted by Crippen LogP contribution is 2.21. The summed E-state index contributed by atoms with van der Waals surface area (Å²) in [6, 6.07) is 18.6. The Bertz CT molecular complexity index is 1490. The van der Waals surface area contributed by atoms with Crippen LogP contribution in [0.5, 0.6) is 0 Å². The fourth-order valence-corrected chi connectivity index (χ4v) is 4.44. The van der Waals surface area contributed by atoms with Crippen LogP contribution in [-0.4, -0.2) is 82.2 Å². The molecule has 1 fully saturated rings. The van der Waals surface area contributed by atoms with Crippen LogP contribution in [0.4, 0.5) is 10.5 Å². The number of hydrogen-bond acceptors (Lipinski definition) is 9. The van der Waals surface area contributed by atoms with Crippen LogP contribution in [-0.2, 0) is 11.3 Å². The maximum atomic E-state index is 11.7. The third-order valence-electron chi connectivity index (χ3n) is 6.84. The Balaban J connectivity index is 0.000000193. The van der Waals surface area contributed by atoms with E-state index in [9.17, 15) is 9.59 Å². The zero-order valence-corrected chi connectivity index (χ0v) is 24.7. The van der Waals surface area contributed by atoms with Gasteiger partial charge in [0.1, 0.15) is 0 Å². The number of carbonyl (C=O) groups excluding carboxylic acids is 1. The second kappa shape index (κ2) is 15.0. The Kier molecular flexibility index (Phi) is 11.0. The molecule has 11 heteroatoms. The zero-order valence-electron chi connectivity index (χ0n) is 24.7. The first kappa shape index (κ1) is 30.6. The molecule has 1 saturated heterocycles. The van der Waals surface area contributed by atoms with Crippen molar-refractivity contribution < 1.29 is 14.1 Å². The summed E-state index contributed by atoms with van der Waals surface area (Å²) in [6.07, 6.45) is 0.504. The van der Waals surface area contributed by atoms with Gasteiger partial charge in [-0.3, -0.25) is 10.1 Å². The lowest BCUT2D eigenvalue weighted by Gasteiger charge is -2.32. The molecule has 222 valence electrons.